The molecule has 0 bridgehead atoms. The molecule has 0 unspecified atom stereocenters. The molecule has 2 aliphatic rings. The Balaban J connectivity index is 1.50. The first-order valence-corrected chi connectivity index (χ1v) is 11.6. The van der Waals surface area contributed by atoms with Crippen molar-refractivity contribution in [2.24, 2.45) is 5.92 Å². The van der Waals surface area contributed by atoms with Crippen LogP contribution < -0.4 is 9.96 Å². The molecule has 2 saturated heterocycles. The fourth-order valence-corrected chi connectivity index (χ4v) is 5.27. The van der Waals surface area contributed by atoms with Crippen molar-refractivity contribution >= 4 is 51.2 Å². The molecule has 0 N–H and O–H groups in total. The van der Waals surface area contributed by atoms with Gasteiger partial charge in [0.1, 0.15) is 5.92 Å². The molecule has 2 heterocycles. The fraction of sp³-hybridized carbons (Fsp3) is 0.111. The number of benzene rings is 4. The molecule has 36 heavy (non-hydrogen) atoms. The number of rotatable bonds is 4. The topological polar surface area (TPSA) is 93.0 Å². The van der Waals surface area contributed by atoms with Crippen LogP contribution in [0.15, 0.2) is 91.0 Å². The second-order valence-electron chi connectivity index (χ2n) is 8.63. The van der Waals surface area contributed by atoms with Gasteiger partial charge < -0.3 is 0 Å². The molecule has 0 saturated carbocycles. The van der Waals surface area contributed by atoms with E-state index in [1.807, 2.05) is 36.4 Å². The van der Waals surface area contributed by atoms with Crippen LogP contribution in [-0.4, -0.2) is 22.8 Å². The molecule has 4 aromatic carbocycles. The maximum absolute atomic E-state index is 14.0. The first-order valence-electron chi connectivity index (χ1n) is 11.3. The van der Waals surface area contributed by atoms with E-state index in [4.69, 9.17) is 16.4 Å². The summed E-state index contributed by atoms with van der Waals surface area (Å²) in [4.78, 5) is 45.9. The Labute approximate surface area is 210 Å². The highest BCUT2D eigenvalue weighted by Crippen LogP contribution is 2.50. The number of hydrogen-bond acceptors (Lipinski definition) is 6. The largest absolute Gasteiger partial charge is 0.273 e. The van der Waals surface area contributed by atoms with Gasteiger partial charge in [0.15, 0.2) is 6.10 Å². The minimum Gasteiger partial charge on any atom is -0.273 e. The van der Waals surface area contributed by atoms with Gasteiger partial charge in [0.2, 0.25) is 5.91 Å². The van der Waals surface area contributed by atoms with E-state index in [2.05, 4.69) is 0 Å². The Morgan fingerprint density at radius 3 is 2.36 bits per heavy atom. The lowest BCUT2D eigenvalue weighted by atomic mass is 9.90. The van der Waals surface area contributed by atoms with Gasteiger partial charge in [-0.1, -0.05) is 66.2 Å². The van der Waals surface area contributed by atoms with E-state index in [1.54, 1.807) is 36.4 Å². The summed E-state index contributed by atoms with van der Waals surface area (Å²) in [6.45, 7) is 0. The van der Waals surface area contributed by atoms with Gasteiger partial charge in [0.05, 0.1) is 22.3 Å². The van der Waals surface area contributed by atoms with Crippen LogP contribution in [0.25, 0.3) is 10.8 Å². The second kappa shape index (κ2) is 8.44. The van der Waals surface area contributed by atoms with Crippen LogP contribution in [0.4, 0.5) is 17.1 Å². The van der Waals surface area contributed by atoms with E-state index < -0.39 is 34.8 Å². The van der Waals surface area contributed by atoms with E-state index in [1.165, 1.54) is 23.3 Å². The van der Waals surface area contributed by atoms with Crippen LogP contribution in [0.3, 0.4) is 0 Å². The highest BCUT2D eigenvalue weighted by atomic mass is 35.5. The molecular weight excluding hydrogens is 482 g/mol. The standard InChI is InChI=1S/C27H18ClN3O5/c28-21-14-13-18(31(34)35)15-20(21)24-23-25(36-30(24)17-9-2-1-3-10-17)27(33)29(26(23)32)22-12-6-8-16-7-4-5-11-19(16)22/h1-15,23-25H/t23-,24-,25+/m0/s1. The molecule has 0 aromatic heterocycles. The number of halogens is 1. The first kappa shape index (κ1) is 22.2. The summed E-state index contributed by atoms with van der Waals surface area (Å²) in [6.07, 6.45) is -1.11. The maximum atomic E-state index is 14.0. The predicted octanol–water partition coefficient (Wildman–Crippen LogP) is 5.45. The average molecular weight is 500 g/mol. The highest BCUT2D eigenvalue weighted by molar-refractivity contribution is 6.32. The maximum Gasteiger partial charge on any atom is 0.269 e. The van der Waals surface area contributed by atoms with E-state index in [-0.39, 0.29) is 10.7 Å². The summed E-state index contributed by atoms with van der Waals surface area (Å²) < 4.78 is 0. The second-order valence-corrected chi connectivity index (χ2v) is 9.04. The van der Waals surface area contributed by atoms with Gasteiger partial charge in [-0.3, -0.25) is 24.5 Å². The third-order valence-electron chi connectivity index (χ3n) is 6.64. The Morgan fingerprint density at radius 1 is 0.861 bits per heavy atom. The SMILES string of the molecule is O=C1[C@@H]2[C@@H](ON(c3ccccc3)[C@H]2c2cc([N+](=O)[O-])ccc2Cl)C(=O)N1c1cccc2ccccc12. The van der Waals surface area contributed by atoms with Crippen molar-refractivity contribution in [1.82, 2.24) is 0 Å². The van der Waals surface area contributed by atoms with Gasteiger partial charge >= 0.3 is 0 Å². The Bertz CT molecular complexity index is 1540. The minimum absolute atomic E-state index is 0.173. The Morgan fingerprint density at radius 2 is 1.58 bits per heavy atom. The normalized spacial score (nSPS) is 21.3. The van der Waals surface area contributed by atoms with Gasteiger partial charge in [-0.15, -0.1) is 0 Å². The minimum atomic E-state index is -1.11. The molecule has 6 rings (SSSR count). The van der Waals surface area contributed by atoms with Crippen LogP contribution in [0.1, 0.15) is 11.6 Å². The molecule has 8 nitrogen and oxygen atoms in total. The summed E-state index contributed by atoms with van der Waals surface area (Å²) in [6, 6.07) is 25.1. The number of carbonyl (C=O) groups is 2. The molecule has 9 heteroatoms. The summed E-state index contributed by atoms with van der Waals surface area (Å²) >= 11 is 6.53. The van der Waals surface area contributed by atoms with Gasteiger partial charge in [-0.05, 0) is 29.7 Å². The van der Waals surface area contributed by atoms with Crippen molar-refractivity contribution in [3.63, 3.8) is 0 Å². The zero-order valence-corrected chi connectivity index (χ0v) is 19.4. The average Bonchev–Trinajstić information content (AvgIpc) is 3.40. The number of para-hydroxylation sites is 1. The highest BCUT2D eigenvalue weighted by Gasteiger charge is 2.61. The van der Waals surface area contributed by atoms with E-state index in [0.717, 1.165) is 15.7 Å². The van der Waals surface area contributed by atoms with Crippen LogP contribution in [0.2, 0.25) is 5.02 Å². The van der Waals surface area contributed by atoms with Crippen molar-refractivity contribution in [2.45, 2.75) is 12.1 Å². The number of non-ortho nitro benzene ring substituents is 1. The zero-order chi connectivity index (χ0) is 25.0. The quantitative estimate of drug-likeness (QED) is 0.210. The number of fused-ring (bicyclic) bond motifs is 2. The number of imide groups is 1. The Kier molecular flexibility index (Phi) is 5.21. The summed E-state index contributed by atoms with van der Waals surface area (Å²) in [5.41, 5.74) is 1.23. The molecular formula is C27H18ClN3O5. The van der Waals surface area contributed by atoms with Crippen molar-refractivity contribution in [3.8, 4) is 0 Å². The lowest BCUT2D eigenvalue weighted by Crippen LogP contribution is -2.37. The van der Waals surface area contributed by atoms with Gasteiger partial charge in [-0.2, -0.15) is 0 Å². The molecule has 2 amide bonds. The molecule has 178 valence electrons. The van der Waals surface area contributed by atoms with Gasteiger partial charge in [-0.25, -0.2) is 9.96 Å². The van der Waals surface area contributed by atoms with E-state index >= 15 is 0 Å². The predicted molar refractivity (Wildman–Crippen MR) is 135 cm³/mol. The van der Waals surface area contributed by atoms with E-state index in [0.29, 0.717) is 16.9 Å². The van der Waals surface area contributed by atoms with Gasteiger partial charge in [0.25, 0.3) is 11.6 Å². The number of nitrogens with zero attached hydrogens (tertiary/aromatic N) is 3. The number of hydroxylamine groups is 1. The summed E-state index contributed by atoms with van der Waals surface area (Å²) in [5, 5.41) is 14.9. The van der Waals surface area contributed by atoms with Crippen LogP contribution >= 0.6 is 11.6 Å². The smallest absolute Gasteiger partial charge is 0.269 e. The van der Waals surface area contributed by atoms with Crippen molar-refractivity contribution in [3.05, 3.63) is 112 Å². The zero-order valence-electron chi connectivity index (χ0n) is 18.7. The van der Waals surface area contributed by atoms with E-state index in [9.17, 15) is 19.7 Å². The number of hydrogen-bond donors (Lipinski definition) is 0. The summed E-state index contributed by atoms with van der Waals surface area (Å²) in [5.74, 6) is -1.91. The van der Waals surface area contributed by atoms with Crippen molar-refractivity contribution in [2.75, 3.05) is 9.96 Å². The lowest BCUT2D eigenvalue weighted by molar-refractivity contribution is -0.384. The molecule has 2 fully saturated rings. The third kappa shape index (κ3) is 3.34. The molecule has 2 aliphatic heterocycles. The number of carbonyl (C=O) groups excluding carboxylic acids is 2. The number of nitro groups is 1. The lowest BCUT2D eigenvalue weighted by Gasteiger charge is -2.29. The third-order valence-corrected chi connectivity index (χ3v) is 6.99. The van der Waals surface area contributed by atoms with Crippen LogP contribution in [0.5, 0.6) is 0 Å². The molecule has 0 aliphatic carbocycles. The Hall–Kier alpha value is -4.27. The number of nitro benzene ring substituents is 1. The van der Waals surface area contributed by atoms with Crippen LogP contribution in [0, 0.1) is 16.0 Å². The summed E-state index contributed by atoms with van der Waals surface area (Å²) in [7, 11) is 0. The number of amides is 2. The van der Waals surface area contributed by atoms with Crippen LogP contribution in [-0.2, 0) is 14.4 Å². The molecule has 0 radical (unpaired) electrons. The first-order chi connectivity index (χ1) is 17.5. The van der Waals surface area contributed by atoms with Gasteiger partial charge in [0, 0.05) is 28.1 Å². The fourth-order valence-electron chi connectivity index (χ4n) is 5.04. The monoisotopic (exact) mass is 499 g/mol. The molecule has 3 atom stereocenters. The molecule has 4 aromatic rings. The van der Waals surface area contributed by atoms with Crippen molar-refractivity contribution in [1.29, 1.82) is 0 Å². The molecule has 0 spiro atoms. The number of anilines is 2. The van der Waals surface area contributed by atoms with Crippen molar-refractivity contribution < 1.29 is 19.3 Å².